The Kier molecular flexibility index (Phi) is 3.44. The van der Waals surface area contributed by atoms with Crippen molar-refractivity contribution >= 4 is 11.8 Å². The van der Waals surface area contributed by atoms with Gasteiger partial charge in [0.15, 0.2) is 0 Å². The van der Waals surface area contributed by atoms with E-state index in [0.717, 1.165) is 5.92 Å². The predicted molar refractivity (Wildman–Crippen MR) is 75.3 cm³/mol. The summed E-state index contributed by atoms with van der Waals surface area (Å²) in [4.78, 5) is 0. The van der Waals surface area contributed by atoms with Crippen molar-refractivity contribution in [1.29, 1.82) is 0 Å². The van der Waals surface area contributed by atoms with Gasteiger partial charge in [-0.15, -0.1) is 0 Å². The third kappa shape index (κ3) is 2.86. The second kappa shape index (κ2) is 5.03. The van der Waals surface area contributed by atoms with E-state index in [1.165, 1.54) is 41.9 Å². The van der Waals surface area contributed by atoms with Gasteiger partial charge >= 0.3 is 0 Å². The highest BCUT2D eigenvalue weighted by atomic mass is 32.2. The fourth-order valence-corrected chi connectivity index (χ4v) is 3.90. The predicted octanol–water partition coefficient (Wildman–Crippen LogP) is 3.75. The number of hydrogen-bond donors (Lipinski definition) is 1. The molecule has 92 valence electrons. The zero-order chi connectivity index (χ0) is 11.7. The Morgan fingerprint density at radius 1 is 1.35 bits per heavy atom. The zero-order valence-corrected chi connectivity index (χ0v) is 11.3. The number of fused-ring (bicyclic) bond motifs is 1. The van der Waals surface area contributed by atoms with Crippen LogP contribution in [0.25, 0.3) is 0 Å². The molecule has 2 atom stereocenters. The quantitative estimate of drug-likeness (QED) is 0.869. The maximum atomic E-state index is 3.83. The highest BCUT2D eigenvalue weighted by molar-refractivity contribution is 7.98. The molecule has 1 aliphatic heterocycles. The molecule has 0 bridgehead atoms. The first kappa shape index (κ1) is 11.6. The van der Waals surface area contributed by atoms with Crippen LogP contribution in [-0.4, -0.2) is 11.8 Å². The van der Waals surface area contributed by atoms with Crippen LogP contribution in [0.3, 0.4) is 0 Å². The molecular weight excluding hydrogens is 226 g/mol. The van der Waals surface area contributed by atoms with Gasteiger partial charge in [0.25, 0.3) is 0 Å². The Hall–Kier alpha value is -0.470. The number of benzene rings is 1. The Bertz CT molecular complexity index is 386. The minimum absolute atomic E-state index is 0.568. The molecular formula is C15H21NS. The lowest BCUT2D eigenvalue weighted by molar-refractivity contribution is 0.439. The van der Waals surface area contributed by atoms with Gasteiger partial charge in [-0.1, -0.05) is 37.1 Å². The van der Waals surface area contributed by atoms with E-state index in [2.05, 4.69) is 48.3 Å². The molecule has 1 aliphatic carbocycles. The summed E-state index contributed by atoms with van der Waals surface area (Å²) < 4.78 is 0. The highest BCUT2D eigenvalue weighted by Gasteiger charge is 2.26. The Balaban J connectivity index is 1.67. The van der Waals surface area contributed by atoms with Crippen LogP contribution in [0, 0.1) is 5.92 Å². The molecule has 1 nitrogen and oxygen atoms in total. The van der Waals surface area contributed by atoms with Gasteiger partial charge < -0.3 is 5.32 Å². The van der Waals surface area contributed by atoms with Crippen LogP contribution in [0.4, 0.5) is 0 Å². The second-order valence-corrected chi connectivity index (χ2v) is 6.54. The minimum atomic E-state index is 0.568. The molecule has 1 aromatic carbocycles. The molecule has 2 aliphatic rings. The molecule has 0 amide bonds. The van der Waals surface area contributed by atoms with Crippen LogP contribution < -0.4 is 5.32 Å². The second-order valence-electron chi connectivity index (χ2n) is 5.51. The molecule has 1 aromatic rings. The Morgan fingerprint density at radius 2 is 2.18 bits per heavy atom. The number of nitrogens with one attached hydrogen (secondary N) is 1. The van der Waals surface area contributed by atoms with Gasteiger partial charge in [-0.25, -0.2) is 0 Å². The van der Waals surface area contributed by atoms with E-state index in [-0.39, 0.29) is 0 Å². The normalized spacial score (nSPS) is 25.4. The largest absolute Gasteiger partial charge is 0.307 e. The van der Waals surface area contributed by atoms with Crippen LogP contribution in [0.15, 0.2) is 24.3 Å². The van der Waals surface area contributed by atoms with Crippen LogP contribution in [0.5, 0.6) is 0 Å². The molecule has 2 heteroatoms. The van der Waals surface area contributed by atoms with Crippen LogP contribution in [-0.2, 0) is 5.75 Å². The number of hydrogen-bond acceptors (Lipinski definition) is 2. The van der Waals surface area contributed by atoms with Gasteiger partial charge in [0.05, 0.1) is 0 Å². The van der Waals surface area contributed by atoms with Crippen molar-refractivity contribution in [1.82, 2.24) is 5.32 Å². The van der Waals surface area contributed by atoms with Gasteiger partial charge in [-0.2, -0.15) is 11.8 Å². The van der Waals surface area contributed by atoms with E-state index in [1.807, 2.05) is 0 Å². The Labute approximate surface area is 108 Å². The summed E-state index contributed by atoms with van der Waals surface area (Å²) in [5, 5.41) is 3.83. The van der Waals surface area contributed by atoms with E-state index < -0.39 is 0 Å². The van der Waals surface area contributed by atoms with Gasteiger partial charge in [-0.3, -0.25) is 0 Å². The van der Waals surface area contributed by atoms with Crippen LogP contribution >= 0.6 is 11.8 Å². The summed E-state index contributed by atoms with van der Waals surface area (Å²) in [6.07, 6.45) is 4.29. The number of thioether (sulfide) groups is 1. The first-order chi connectivity index (χ1) is 8.33. The van der Waals surface area contributed by atoms with Crippen molar-refractivity contribution < 1.29 is 0 Å². The summed E-state index contributed by atoms with van der Waals surface area (Å²) in [7, 11) is 0. The van der Waals surface area contributed by atoms with Crippen molar-refractivity contribution in [3.8, 4) is 0 Å². The Morgan fingerprint density at radius 3 is 3.00 bits per heavy atom. The summed E-state index contributed by atoms with van der Waals surface area (Å²) in [6, 6.07) is 10.2. The lowest BCUT2D eigenvalue weighted by atomic mass is 10.0. The summed E-state index contributed by atoms with van der Waals surface area (Å²) in [5.74, 6) is 3.43. The SMILES string of the molecule is CC(CC1CC1)NC1CSCc2ccccc21. The lowest BCUT2D eigenvalue weighted by Gasteiger charge is -2.29. The first-order valence-electron chi connectivity index (χ1n) is 6.74. The van der Waals surface area contributed by atoms with Gasteiger partial charge in [0.2, 0.25) is 0 Å². The van der Waals surface area contributed by atoms with Crippen LogP contribution in [0.1, 0.15) is 43.4 Å². The molecule has 1 heterocycles. The molecule has 17 heavy (non-hydrogen) atoms. The minimum Gasteiger partial charge on any atom is -0.307 e. The first-order valence-corrected chi connectivity index (χ1v) is 7.90. The van der Waals surface area contributed by atoms with E-state index in [1.54, 1.807) is 0 Å². The molecule has 2 unspecified atom stereocenters. The van der Waals surface area contributed by atoms with E-state index >= 15 is 0 Å². The third-order valence-electron chi connectivity index (χ3n) is 3.84. The lowest BCUT2D eigenvalue weighted by Crippen LogP contribution is -2.34. The third-order valence-corrected chi connectivity index (χ3v) is 4.93. The smallest absolute Gasteiger partial charge is 0.0417 e. The average molecular weight is 247 g/mol. The molecule has 0 aromatic heterocycles. The molecule has 0 radical (unpaired) electrons. The van der Waals surface area contributed by atoms with E-state index in [9.17, 15) is 0 Å². The van der Waals surface area contributed by atoms with Crippen molar-refractivity contribution in [2.45, 2.75) is 44.0 Å². The maximum absolute atomic E-state index is 3.83. The van der Waals surface area contributed by atoms with Crippen molar-refractivity contribution in [2.75, 3.05) is 5.75 Å². The summed E-state index contributed by atoms with van der Waals surface area (Å²) in [6.45, 7) is 2.35. The maximum Gasteiger partial charge on any atom is 0.0417 e. The van der Waals surface area contributed by atoms with Gasteiger partial charge in [0.1, 0.15) is 0 Å². The summed E-state index contributed by atoms with van der Waals surface area (Å²) >= 11 is 2.06. The van der Waals surface area contributed by atoms with Crippen LogP contribution in [0.2, 0.25) is 0 Å². The van der Waals surface area contributed by atoms with Crippen molar-refractivity contribution in [3.05, 3.63) is 35.4 Å². The fourth-order valence-electron chi connectivity index (χ4n) is 2.79. The standard InChI is InChI=1S/C15H21NS/c1-11(8-12-6-7-12)16-15-10-17-9-13-4-2-3-5-14(13)15/h2-5,11-12,15-16H,6-10H2,1H3. The van der Waals surface area contributed by atoms with Crippen molar-refractivity contribution in [3.63, 3.8) is 0 Å². The number of rotatable bonds is 4. The fraction of sp³-hybridized carbons (Fsp3) is 0.600. The molecule has 0 saturated heterocycles. The summed E-state index contributed by atoms with van der Waals surface area (Å²) in [5.41, 5.74) is 3.06. The van der Waals surface area contributed by atoms with E-state index in [4.69, 9.17) is 0 Å². The molecule has 1 N–H and O–H groups in total. The van der Waals surface area contributed by atoms with Gasteiger partial charge in [0, 0.05) is 23.6 Å². The molecule has 0 spiro atoms. The average Bonchev–Trinajstić information content (AvgIpc) is 3.13. The highest BCUT2D eigenvalue weighted by Crippen LogP contribution is 2.35. The van der Waals surface area contributed by atoms with Crippen molar-refractivity contribution in [2.24, 2.45) is 5.92 Å². The molecule has 3 rings (SSSR count). The van der Waals surface area contributed by atoms with Gasteiger partial charge in [-0.05, 0) is 30.4 Å². The van der Waals surface area contributed by atoms with E-state index in [0.29, 0.717) is 12.1 Å². The monoisotopic (exact) mass is 247 g/mol. The zero-order valence-electron chi connectivity index (χ0n) is 10.5. The molecule has 1 fully saturated rings. The topological polar surface area (TPSA) is 12.0 Å². The molecule has 1 saturated carbocycles.